The summed E-state index contributed by atoms with van der Waals surface area (Å²) < 4.78 is 15.0. The Morgan fingerprint density at radius 1 is 0.396 bits per heavy atom. The predicted octanol–water partition coefficient (Wildman–Crippen LogP) is 13.0. The molecule has 0 spiro atoms. The molecule has 12 aromatic rings. The van der Waals surface area contributed by atoms with Gasteiger partial charge >= 0.3 is 0 Å². The van der Waals surface area contributed by atoms with E-state index in [4.69, 9.17) is 18.8 Å². The fraction of sp³-hybridized carbons (Fsp3) is 0. The van der Waals surface area contributed by atoms with E-state index in [1.54, 1.807) is 0 Å². The van der Waals surface area contributed by atoms with Crippen LogP contribution < -0.4 is 0 Å². The summed E-state index contributed by atoms with van der Waals surface area (Å²) in [6.07, 6.45) is 0. The second-order valence-electron chi connectivity index (χ2n) is 13.8. The van der Waals surface area contributed by atoms with Gasteiger partial charge in [0.25, 0.3) is 0 Å². The SMILES string of the molecule is c1ccc(-c2ccc3cc(-c4nc(-n5c6ccccc6c6cc7c(ccc8oc9ccccc9c87)cc65)nc5c4oc4ccccc45)ccc3c2)cc1. The van der Waals surface area contributed by atoms with Crippen LogP contribution in [0.1, 0.15) is 0 Å². The van der Waals surface area contributed by atoms with E-state index in [0.29, 0.717) is 11.5 Å². The van der Waals surface area contributed by atoms with Crippen molar-refractivity contribution >= 4 is 87.4 Å². The average molecular weight is 678 g/mol. The molecule has 0 N–H and O–H groups in total. The molecule has 0 bridgehead atoms. The maximum absolute atomic E-state index is 6.56. The highest BCUT2D eigenvalue weighted by Crippen LogP contribution is 2.41. The van der Waals surface area contributed by atoms with Crippen LogP contribution in [-0.2, 0) is 0 Å². The number of aromatic nitrogens is 3. The molecule has 0 aliphatic heterocycles. The number of hydrogen-bond donors (Lipinski definition) is 0. The second-order valence-corrected chi connectivity index (χ2v) is 13.8. The first-order chi connectivity index (χ1) is 26.2. The lowest BCUT2D eigenvalue weighted by Gasteiger charge is -2.11. The molecule has 5 nitrogen and oxygen atoms in total. The van der Waals surface area contributed by atoms with E-state index in [2.05, 4.69) is 132 Å². The third-order valence-corrected chi connectivity index (χ3v) is 10.8. The van der Waals surface area contributed by atoms with Crippen LogP contribution in [0.25, 0.3) is 116 Å². The molecule has 0 atom stereocenters. The average Bonchev–Trinajstić information content (AvgIpc) is 3.89. The lowest BCUT2D eigenvalue weighted by Crippen LogP contribution is -2.03. The zero-order valence-electron chi connectivity index (χ0n) is 28.2. The van der Waals surface area contributed by atoms with E-state index >= 15 is 0 Å². The summed E-state index contributed by atoms with van der Waals surface area (Å²) in [5, 5.41) is 10.1. The molecule has 8 aromatic carbocycles. The van der Waals surface area contributed by atoms with Crippen LogP contribution in [-0.4, -0.2) is 14.5 Å². The van der Waals surface area contributed by atoms with Crippen molar-refractivity contribution in [3.8, 4) is 28.3 Å². The van der Waals surface area contributed by atoms with Gasteiger partial charge in [0.15, 0.2) is 5.58 Å². The van der Waals surface area contributed by atoms with Crippen LogP contribution in [0.3, 0.4) is 0 Å². The third kappa shape index (κ3) is 4.13. The van der Waals surface area contributed by atoms with E-state index in [-0.39, 0.29) is 0 Å². The van der Waals surface area contributed by atoms with Crippen LogP contribution in [0.5, 0.6) is 0 Å². The van der Waals surface area contributed by atoms with Crippen LogP contribution >= 0.6 is 0 Å². The van der Waals surface area contributed by atoms with Crippen LogP contribution in [0.15, 0.2) is 173 Å². The van der Waals surface area contributed by atoms with Gasteiger partial charge in [-0.1, -0.05) is 109 Å². The van der Waals surface area contributed by atoms with Crippen molar-refractivity contribution < 1.29 is 8.83 Å². The molecule has 0 saturated heterocycles. The highest BCUT2D eigenvalue weighted by molar-refractivity contribution is 6.23. The van der Waals surface area contributed by atoms with Crippen molar-refractivity contribution in [3.05, 3.63) is 164 Å². The molecule has 4 aromatic heterocycles. The first kappa shape index (κ1) is 28.5. The van der Waals surface area contributed by atoms with Gasteiger partial charge in [-0.2, -0.15) is 0 Å². The lowest BCUT2D eigenvalue weighted by molar-refractivity contribution is 0.666. The normalized spacial score (nSPS) is 12.2. The minimum atomic E-state index is 0.596. The van der Waals surface area contributed by atoms with E-state index < -0.39 is 0 Å². The second kappa shape index (κ2) is 10.6. The Morgan fingerprint density at radius 2 is 1.08 bits per heavy atom. The maximum Gasteiger partial charge on any atom is 0.236 e. The summed E-state index contributed by atoms with van der Waals surface area (Å²) in [5.74, 6) is 0.596. The fourth-order valence-corrected chi connectivity index (χ4v) is 8.30. The smallest absolute Gasteiger partial charge is 0.236 e. The van der Waals surface area contributed by atoms with Crippen molar-refractivity contribution in [3.63, 3.8) is 0 Å². The predicted molar refractivity (Wildman–Crippen MR) is 217 cm³/mol. The Labute approximate surface area is 302 Å². The number of para-hydroxylation sites is 3. The summed E-state index contributed by atoms with van der Waals surface area (Å²) in [4.78, 5) is 10.7. The van der Waals surface area contributed by atoms with Gasteiger partial charge in [0.1, 0.15) is 28.0 Å². The quantitative estimate of drug-likeness (QED) is 0.187. The molecular weight excluding hydrogens is 651 g/mol. The zero-order chi connectivity index (χ0) is 34.6. The molecule has 0 unspecified atom stereocenters. The summed E-state index contributed by atoms with van der Waals surface area (Å²) in [6.45, 7) is 0. The summed E-state index contributed by atoms with van der Waals surface area (Å²) in [5.41, 5.74) is 10.2. The topological polar surface area (TPSA) is 57.0 Å². The number of benzene rings is 8. The molecule has 0 aliphatic carbocycles. The summed E-state index contributed by atoms with van der Waals surface area (Å²) in [6, 6.07) is 57.4. The number of fused-ring (bicyclic) bond motifs is 12. The highest BCUT2D eigenvalue weighted by atomic mass is 16.3. The van der Waals surface area contributed by atoms with E-state index in [0.717, 1.165) is 87.6 Å². The number of hydrogen-bond acceptors (Lipinski definition) is 4. The minimum Gasteiger partial charge on any atom is -0.456 e. The van der Waals surface area contributed by atoms with Crippen molar-refractivity contribution in [1.82, 2.24) is 14.5 Å². The number of nitrogens with zero attached hydrogens (tertiary/aromatic N) is 3. The summed E-state index contributed by atoms with van der Waals surface area (Å²) in [7, 11) is 0. The molecule has 0 saturated carbocycles. The van der Waals surface area contributed by atoms with Crippen molar-refractivity contribution in [2.75, 3.05) is 0 Å². The van der Waals surface area contributed by atoms with E-state index in [9.17, 15) is 0 Å². The molecule has 0 aliphatic rings. The Hall–Kier alpha value is -7.24. The molecule has 5 heteroatoms. The first-order valence-corrected chi connectivity index (χ1v) is 17.8. The molecular formula is C48H27N3O2. The van der Waals surface area contributed by atoms with Crippen LogP contribution in [0.4, 0.5) is 0 Å². The zero-order valence-corrected chi connectivity index (χ0v) is 28.2. The number of furan rings is 2. The monoisotopic (exact) mass is 677 g/mol. The molecule has 53 heavy (non-hydrogen) atoms. The molecule has 0 amide bonds. The van der Waals surface area contributed by atoms with Gasteiger partial charge in [-0.15, -0.1) is 0 Å². The Balaban J connectivity index is 1.13. The van der Waals surface area contributed by atoms with Gasteiger partial charge in [-0.25, -0.2) is 9.97 Å². The third-order valence-electron chi connectivity index (χ3n) is 10.8. The molecule has 0 radical (unpaired) electrons. The van der Waals surface area contributed by atoms with Gasteiger partial charge in [-0.3, -0.25) is 4.57 Å². The van der Waals surface area contributed by atoms with E-state index in [1.807, 2.05) is 36.4 Å². The van der Waals surface area contributed by atoms with Gasteiger partial charge in [-0.05, 0) is 87.3 Å². The molecule has 4 heterocycles. The van der Waals surface area contributed by atoms with Crippen molar-refractivity contribution in [2.45, 2.75) is 0 Å². The molecule has 246 valence electrons. The standard InChI is InChI=1S/C48H27N3O2/c1-2-10-28(11-3-1)29-18-19-31-25-33(21-20-30(31)24-29)45-47-46(36-14-6-9-17-42(36)53-47)50-48(49-45)51-39-15-7-4-12-34(39)38-27-37-32(26-40(38)51)22-23-43-44(37)35-13-5-8-16-41(35)52-43/h1-27H. The fourth-order valence-electron chi connectivity index (χ4n) is 8.30. The lowest BCUT2D eigenvalue weighted by atomic mass is 9.99. The molecule has 0 fully saturated rings. The van der Waals surface area contributed by atoms with Crippen LogP contribution in [0, 0.1) is 0 Å². The summed E-state index contributed by atoms with van der Waals surface area (Å²) >= 11 is 0. The van der Waals surface area contributed by atoms with Crippen molar-refractivity contribution in [2.24, 2.45) is 0 Å². The van der Waals surface area contributed by atoms with Gasteiger partial charge in [0.2, 0.25) is 5.95 Å². The van der Waals surface area contributed by atoms with Gasteiger partial charge < -0.3 is 8.83 Å². The minimum absolute atomic E-state index is 0.596. The maximum atomic E-state index is 6.56. The Morgan fingerprint density at radius 3 is 1.92 bits per heavy atom. The van der Waals surface area contributed by atoms with Crippen LogP contribution in [0.2, 0.25) is 0 Å². The Kier molecular flexibility index (Phi) is 5.71. The highest BCUT2D eigenvalue weighted by Gasteiger charge is 2.22. The Bertz CT molecular complexity index is 3460. The first-order valence-electron chi connectivity index (χ1n) is 17.8. The number of rotatable bonds is 3. The van der Waals surface area contributed by atoms with Gasteiger partial charge in [0.05, 0.1) is 11.0 Å². The van der Waals surface area contributed by atoms with E-state index in [1.165, 1.54) is 16.5 Å². The van der Waals surface area contributed by atoms with Crippen molar-refractivity contribution in [1.29, 1.82) is 0 Å². The molecule has 12 rings (SSSR count). The van der Waals surface area contributed by atoms with Gasteiger partial charge in [0, 0.05) is 32.5 Å². The largest absolute Gasteiger partial charge is 0.456 e.